The van der Waals surface area contributed by atoms with Gasteiger partial charge >= 0.3 is 5.69 Å². The predicted molar refractivity (Wildman–Crippen MR) is 55.5 cm³/mol. The van der Waals surface area contributed by atoms with Crippen LogP contribution >= 0.6 is 0 Å². The number of nitro benzene ring substituents is 1. The van der Waals surface area contributed by atoms with E-state index in [4.69, 9.17) is 14.7 Å². The third-order valence-electron chi connectivity index (χ3n) is 2.01. The minimum atomic E-state index is -0.576. The van der Waals surface area contributed by atoms with Crippen molar-refractivity contribution in [3.8, 4) is 17.6 Å². The van der Waals surface area contributed by atoms with E-state index in [1.165, 1.54) is 26.4 Å². The van der Waals surface area contributed by atoms with Crippen molar-refractivity contribution in [2.45, 2.75) is 6.42 Å². The van der Waals surface area contributed by atoms with Gasteiger partial charge in [0.15, 0.2) is 0 Å². The van der Waals surface area contributed by atoms with Crippen LogP contribution in [0.5, 0.6) is 11.5 Å². The third-order valence-corrected chi connectivity index (χ3v) is 2.01. The van der Waals surface area contributed by atoms with Crippen LogP contribution in [0.15, 0.2) is 12.1 Å². The van der Waals surface area contributed by atoms with Gasteiger partial charge in [-0.25, -0.2) is 0 Å². The minimum absolute atomic E-state index is 0.0922. The van der Waals surface area contributed by atoms with Crippen molar-refractivity contribution in [3.63, 3.8) is 0 Å². The van der Waals surface area contributed by atoms with Crippen LogP contribution in [-0.2, 0) is 6.42 Å². The van der Waals surface area contributed by atoms with E-state index in [1.54, 1.807) is 0 Å². The van der Waals surface area contributed by atoms with Crippen molar-refractivity contribution in [2.75, 3.05) is 14.2 Å². The van der Waals surface area contributed by atoms with E-state index in [0.29, 0.717) is 5.56 Å². The van der Waals surface area contributed by atoms with Crippen molar-refractivity contribution >= 4 is 5.69 Å². The molecule has 6 nitrogen and oxygen atoms in total. The van der Waals surface area contributed by atoms with E-state index in [0.717, 1.165) is 0 Å². The molecule has 0 fully saturated rings. The maximum Gasteiger partial charge on any atom is 0.352 e. The summed E-state index contributed by atoms with van der Waals surface area (Å²) in [5.74, 6) is 0.184. The summed E-state index contributed by atoms with van der Waals surface area (Å²) in [5, 5.41) is 19.4. The first-order valence-electron chi connectivity index (χ1n) is 4.40. The normalized spacial score (nSPS) is 9.31. The van der Waals surface area contributed by atoms with Crippen LogP contribution in [0.25, 0.3) is 0 Å². The maximum atomic E-state index is 10.8. The quantitative estimate of drug-likeness (QED) is 0.571. The fraction of sp³-hybridized carbons (Fsp3) is 0.300. The number of rotatable bonds is 4. The van der Waals surface area contributed by atoms with E-state index in [9.17, 15) is 10.1 Å². The first-order valence-corrected chi connectivity index (χ1v) is 4.40. The zero-order valence-corrected chi connectivity index (χ0v) is 8.89. The van der Waals surface area contributed by atoms with Gasteiger partial charge < -0.3 is 9.47 Å². The Bertz CT molecular complexity index is 426. The lowest BCUT2D eigenvalue weighted by Gasteiger charge is -2.07. The molecule has 0 spiro atoms. The Balaban J connectivity index is 3.38. The highest BCUT2D eigenvalue weighted by molar-refractivity contribution is 5.59. The smallest absolute Gasteiger partial charge is 0.352 e. The Hall–Kier alpha value is -2.29. The molecule has 0 heterocycles. The van der Waals surface area contributed by atoms with Gasteiger partial charge in [0.2, 0.25) is 11.5 Å². The van der Waals surface area contributed by atoms with Crippen LogP contribution in [0.1, 0.15) is 5.56 Å². The Morgan fingerprint density at radius 1 is 1.38 bits per heavy atom. The van der Waals surface area contributed by atoms with Gasteiger partial charge in [-0.15, -0.1) is 0 Å². The van der Waals surface area contributed by atoms with Crippen LogP contribution in [-0.4, -0.2) is 19.1 Å². The summed E-state index contributed by atoms with van der Waals surface area (Å²) in [7, 11) is 2.66. The van der Waals surface area contributed by atoms with Gasteiger partial charge in [0.25, 0.3) is 0 Å². The number of hydrogen-bond donors (Lipinski definition) is 0. The van der Waals surface area contributed by atoms with Gasteiger partial charge in [0.1, 0.15) is 0 Å². The zero-order valence-electron chi connectivity index (χ0n) is 8.89. The minimum Gasteiger partial charge on any atom is -0.490 e. The number of methoxy groups -OCH3 is 2. The highest BCUT2D eigenvalue weighted by Crippen LogP contribution is 2.37. The average molecular weight is 222 g/mol. The topological polar surface area (TPSA) is 85.4 Å². The van der Waals surface area contributed by atoms with Crippen molar-refractivity contribution in [2.24, 2.45) is 0 Å². The lowest BCUT2D eigenvalue weighted by molar-refractivity contribution is -0.386. The van der Waals surface area contributed by atoms with Crippen molar-refractivity contribution in [3.05, 3.63) is 27.8 Å². The van der Waals surface area contributed by atoms with E-state index < -0.39 is 4.92 Å². The van der Waals surface area contributed by atoms with E-state index in [1.807, 2.05) is 6.07 Å². The summed E-state index contributed by atoms with van der Waals surface area (Å²) in [4.78, 5) is 10.2. The summed E-state index contributed by atoms with van der Waals surface area (Å²) in [5.41, 5.74) is 0.383. The van der Waals surface area contributed by atoms with E-state index in [-0.39, 0.29) is 23.6 Å². The zero-order chi connectivity index (χ0) is 12.1. The summed E-state index contributed by atoms with van der Waals surface area (Å²) in [6, 6.07) is 4.88. The molecule has 84 valence electrons. The van der Waals surface area contributed by atoms with Crippen molar-refractivity contribution in [1.29, 1.82) is 5.26 Å². The predicted octanol–water partition coefficient (Wildman–Crippen LogP) is 1.68. The van der Waals surface area contributed by atoms with Gasteiger partial charge in [0, 0.05) is 0 Å². The first kappa shape index (κ1) is 11.8. The number of nitro groups is 1. The number of nitrogens with zero attached hydrogens (tertiary/aromatic N) is 2. The molecule has 0 atom stereocenters. The Labute approximate surface area is 92.2 Å². The van der Waals surface area contributed by atoms with Crippen LogP contribution in [0.2, 0.25) is 0 Å². The summed E-state index contributed by atoms with van der Waals surface area (Å²) in [6.45, 7) is 0. The molecular formula is C10H10N2O4. The van der Waals surface area contributed by atoms with Gasteiger partial charge in [-0.3, -0.25) is 10.1 Å². The Morgan fingerprint density at radius 2 is 1.88 bits per heavy atom. The molecule has 0 radical (unpaired) electrons. The SMILES string of the molecule is COc1cc(CC#N)cc(OC)c1[N+](=O)[O-]. The molecule has 0 unspecified atom stereocenters. The third kappa shape index (κ3) is 2.20. The van der Waals surface area contributed by atoms with Gasteiger partial charge in [0.05, 0.1) is 31.6 Å². The number of benzene rings is 1. The van der Waals surface area contributed by atoms with Crippen LogP contribution in [0, 0.1) is 21.4 Å². The molecule has 0 bridgehead atoms. The molecule has 0 aromatic heterocycles. The second kappa shape index (κ2) is 4.98. The van der Waals surface area contributed by atoms with Crippen molar-refractivity contribution in [1.82, 2.24) is 0 Å². The molecular weight excluding hydrogens is 212 g/mol. The highest BCUT2D eigenvalue weighted by Gasteiger charge is 2.22. The molecule has 0 N–H and O–H groups in total. The molecule has 0 aliphatic carbocycles. The van der Waals surface area contributed by atoms with E-state index in [2.05, 4.69) is 0 Å². The molecule has 0 saturated carbocycles. The maximum absolute atomic E-state index is 10.8. The number of hydrogen-bond acceptors (Lipinski definition) is 5. The second-order valence-corrected chi connectivity index (χ2v) is 2.94. The molecule has 1 aromatic carbocycles. The highest BCUT2D eigenvalue weighted by atomic mass is 16.6. The summed E-state index contributed by atoms with van der Waals surface area (Å²) >= 11 is 0. The van der Waals surface area contributed by atoms with Crippen LogP contribution in [0.3, 0.4) is 0 Å². The largest absolute Gasteiger partial charge is 0.490 e. The molecule has 1 rings (SSSR count). The standard InChI is InChI=1S/C10H10N2O4/c1-15-8-5-7(3-4-11)6-9(16-2)10(8)12(13)14/h5-6H,3H2,1-2H3. The molecule has 0 amide bonds. The van der Waals surface area contributed by atoms with Gasteiger partial charge in [-0.1, -0.05) is 0 Å². The molecule has 0 aliphatic rings. The van der Waals surface area contributed by atoms with Crippen LogP contribution < -0.4 is 9.47 Å². The monoisotopic (exact) mass is 222 g/mol. The number of ether oxygens (including phenoxy) is 2. The number of nitriles is 1. The van der Waals surface area contributed by atoms with E-state index >= 15 is 0 Å². The lowest BCUT2D eigenvalue weighted by Crippen LogP contribution is -1.99. The average Bonchev–Trinajstić information content (AvgIpc) is 2.27. The Kier molecular flexibility index (Phi) is 3.67. The molecule has 1 aromatic rings. The summed E-state index contributed by atoms with van der Waals surface area (Å²) in [6.07, 6.45) is 0.144. The Morgan fingerprint density at radius 3 is 2.19 bits per heavy atom. The second-order valence-electron chi connectivity index (χ2n) is 2.94. The first-order chi connectivity index (χ1) is 7.63. The fourth-order valence-corrected chi connectivity index (χ4v) is 1.32. The van der Waals surface area contributed by atoms with Crippen molar-refractivity contribution < 1.29 is 14.4 Å². The van der Waals surface area contributed by atoms with Gasteiger partial charge in [-0.05, 0) is 17.7 Å². The lowest BCUT2D eigenvalue weighted by atomic mass is 10.1. The fourth-order valence-electron chi connectivity index (χ4n) is 1.32. The molecule has 0 aliphatic heterocycles. The van der Waals surface area contributed by atoms with Gasteiger partial charge in [-0.2, -0.15) is 5.26 Å². The summed E-state index contributed by atoms with van der Waals surface area (Å²) < 4.78 is 9.81. The van der Waals surface area contributed by atoms with Crippen LogP contribution in [0.4, 0.5) is 5.69 Å². The molecule has 6 heteroatoms. The molecule has 16 heavy (non-hydrogen) atoms. The molecule has 0 saturated heterocycles.